The molecule has 1 N–H and O–H groups in total. The van der Waals surface area contributed by atoms with Gasteiger partial charge in [0.15, 0.2) is 0 Å². The van der Waals surface area contributed by atoms with Gasteiger partial charge in [0.1, 0.15) is 5.71 Å². The summed E-state index contributed by atoms with van der Waals surface area (Å²) < 4.78 is 44.0. The van der Waals surface area contributed by atoms with Gasteiger partial charge in [0.05, 0.1) is 12.7 Å². The van der Waals surface area contributed by atoms with Crippen molar-refractivity contribution in [2.75, 3.05) is 19.7 Å². The average Bonchev–Trinajstić information content (AvgIpc) is 3.09. The van der Waals surface area contributed by atoms with Crippen LogP contribution in [0.3, 0.4) is 0 Å². The van der Waals surface area contributed by atoms with Crippen LogP contribution in [0.5, 0.6) is 0 Å². The number of nitrogens with one attached hydrogen (secondary N) is 1. The van der Waals surface area contributed by atoms with Crippen LogP contribution in [0.4, 0.5) is 13.2 Å². The quantitative estimate of drug-likeness (QED) is 0.855. The van der Waals surface area contributed by atoms with E-state index in [0.29, 0.717) is 12.5 Å². The SMILES string of the molecule is FC(F)(F)C1=NC=CC2C(OCC3CCCNC3)C12. The standard InChI is InChI=1S/C13H17F3N2O/c14-13(15,16)12-10-9(3-5-18-12)11(10)19-7-8-2-1-4-17-6-8/h3,5,8-11,17H,1-2,4,6-7H2. The number of rotatable bonds is 3. The van der Waals surface area contributed by atoms with Crippen LogP contribution in [0, 0.1) is 17.8 Å². The number of nitrogens with zero attached hydrogens (tertiary/aromatic N) is 1. The molecule has 1 saturated heterocycles. The molecule has 1 saturated carbocycles. The fraction of sp³-hybridized carbons (Fsp3) is 0.769. The maximum absolute atomic E-state index is 12.8. The number of fused-ring (bicyclic) bond motifs is 1. The summed E-state index contributed by atoms with van der Waals surface area (Å²) in [5.41, 5.74) is -0.674. The molecule has 4 atom stereocenters. The first-order valence-corrected chi connectivity index (χ1v) is 6.71. The number of halogens is 3. The van der Waals surface area contributed by atoms with Gasteiger partial charge in [0.2, 0.25) is 0 Å². The molecule has 3 rings (SSSR count). The van der Waals surface area contributed by atoms with Gasteiger partial charge in [0.25, 0.3) is 0 Å². The number of alkyl halides is 3. The van der Waals surface area contributed by atoms with Crippen molar-refractivity contribution in [1.82, 2.24) is 5.32 Å². The fourth-order valence-electron chi connectivity index (χ4n) is 2.97. The molecule has 19 heavy (non-hydrogen) atoms. The van der Waals surface area contributed by atoms with Gasteiger partial charge in [-0.05, 0) is 25.3 Å². The second-order valence-electron chi connectivity index (χ2n) is 5.47. The molecule has 0 radical (unpaired) electrons. The maximum atomic E-state index is 12.8. The lowest BCUT2D eigenvalue weighted by Gasteiger charge is -2.22. The Morgan fingerprint density at radius 1 is 1.42 bits per heavy atom. The third-order valence-electron chi connectivity index (χ3n) is 4.06. The van der Waals surface area contributed by atoms with Gasteiger partial charge in [-0.25, -0.2) is 0 Å². The zero-order valence-electron chi connectivity index (χ0n) is 10.5. The van der Waals surface area contributed by atoms with E-state index in [-0.39, 0.29) is 12.0 Å². The van der Waals surface area contributed by atoms with Crippen LogP contribution in [-0.4, -0.2) is 37.7 Å². The lowest BCUT2D eigenvalue weighted by atomic mass is 10.0. The van der Waals surface area contributed by atoms with Gasteiger partial charge in [-0.3, -0.25) is 4.99 Å². The van der Waals surface area contributed by atoms with E-state index in [1.165, 1.54) is 6.20 Å². The Bertz CT molecular complexity index is 399. The summed E-state index contributed by atoms with van der Waals surface area (Å²) in [5, 5.41) is 3.28. The van der Waals surface area contributed by atoms with E-state index in [2.05, 4.69) is 10.3 Å². The van der Waals surface area contributed by atoms with Gasteiger partial charge in [0, 0.05) is 24.6 Å². The van der Waals surface area contributed by atoms with Crippen LogP contribution in [0.15, 0.2) is 17.3 Å². The highest BCUT2D eigenvalue weighted by Gasteiger charge is 2.60. The number of aliphatic imine (C=N–C) groups is 1. The smallest absolute Gasteiger partial charge is 0.377 e. The van der Waals surface area contributed by atoms with Crippen molar-refractivity contribution in [2.24, 2.45) is 22.7 Å². The fourth-order valence-corrected chi connectivity index (χ4v) is 2.97. The van der Waals surface area contributed by atoms with E-state index in [0.717, 1.165) is 25.9 Å². The van der Waals surface area contributed by atoms with Crippen LogP contribution >= 0.6 is 0 Å². The van der Waals surface area contributed by atoms with E-state index >= 15 is 0 Å². The Kier molecular flexibility index (Phi) is 3.39. The Balaban J connectivity index is 1.55. The van der Waals surface area contributed by atoms with Crippen molar-refractivity contribution in [3.8, 4) is 0 Å². The molecule has 0 aromatic rings. The van der Waals surface area contributed by atoms with Crippen molar-refractivity contribution in [1.29, 1.82) is 0 Å². The predicted molar refractivity (Wildman–Crippen MR) is 64.9 cm³/mol. The predicted octanol–water partition coefficient (Wildman–Crippen LogP) is 2.15. The van der Waals surface area contributed by atoms with Crippen LogP contribution in [-0.2, 0) is 4.74 Å². The topological polar surface area (TPSA) is 33.6 Å². The highest BCUT2D eigenvalue weighted by Crippen LogP contribution is 2.49. The summed E-state index contributed by atoms with van der Waals surface area (Å²) in [6.07, 6.45) is 0.518. The molecule has 106 valence electrons. The minimum Gasteiger partial charge on any atom is -0.377 e. The van der Waals surface area contributed by atoms with Crippen molar-refractivity contribution in [3.63, 3.8) is 0 Å². The van der Waals surface area contributed by atoms with E-state index < -0.39 is 17.8 Å². The van der Waals surface area contributed by atoms with E-state index in [4.69, 9.17) is 4.74 Å². The maximum Gasteiger partial charge on any atom is 0.429 e. The molecule has 3 nitrogen and oxygen atoms in total. The van der Waals surface area contributed by atoms with E-state index in [9.17, 15) is 13.2 Å². The molecular formula is C13H17F3N2O. The molecule has 0 spiro atoms. The molecule has 0 amide bonds. The molecule has 1 aliphatic carbocycles. The highest BCUT2D eigenvalue weighted by atomic mass is 19.4. The van der Waals surface area contributed by atoms with Crippen LogP contribution in [0.2, 0.25) is 0 Å². The zero-order valence-corrected chi connectivity index (χ0v) is 10.5. The van der Waals surface area contributed by atoms with Gasteiger partial charge in [-0.2, -0.15) is 13.2 Å². The first-order valence-electron chi connectivity index (χ1n) is 6.71. The normalized spacial score (nSPS) is 37.7. The molecule has 6 heteroatoms. The van der Waals surface area contributed by atoms with Crippen LogP contribution < -0.4 is 5.32 Å². The van der Waals surface area contributed by atoms with Crippen molar-refractivity contribution in [3.05, 3.63) is 12.3 Å². The molecule has 4 unspecified atom stereocenters. The second kappa shape index (κ2) is 4.90. The van der Waals surface area contributed by atoms with Crippen molar-refractivity contribution >= 4 is 5.71 Å². The van der Waals surface area contributed by atoms with Gasteiger partial charge >= 0.3 is 6.18 Å². The highest BCUT2D eigenvalue weighted by molar-refractivity contribution is 5.96. The summed E-state index contributed by atoms with van der Waals surface area (Å²) in [4.78, 5) is 3.49. The minimum atomic E-state index is -4.34. The van der Waals surface area contributed by atoms with Crippen molar-refractivity contribution < 1.29 is 17.9 Å². The number of hydrogen-bond donors (Lipinski definition) is 1. The third-order valence-corrected chi connectivity index (χ3v) is 4.06. The van der Waals surface area contributed by atoms with Crippen LogP contribution in [0.1, 0.15) is 12.8 Å². The summed E-state index contributed by atoms with van der Waals surface area (Å²) >= 11 is 0. The molecule has 0 aromatic carbocycles. The largest absolute Gasteiger partial charge is 0.429 e. The van der Waals surface area contributed by atoms with E-state index in [1.54, 1.807) is 6.08 Å². The molecule has 0 bridgehead atoms. The lowest BCUT2D eigenvalue weighted by molar-refractivity contribution is -0.0624. The summed E-state index contributed by atoms with van der Waals surface area (Å²) in [6.45, 7) is 2.47. The number of piperidine rings is 1. The molecule has 2 heterocycles. The Morgan fingerprint density at radius 2 is 2.26 bits per heavy atom. The Labute approximate surface area is 109 Å². The molecule has 0 aromatic heterocycles. The van der Waals surface area contributed by atoms with Gasteiger partial charge in [-0.15, -0.1) is 0 Å². The minimum absolute atomic E-state index is 0.134. The van der Waals surface area contributed by atoms with Gasteiger partial charge in [-0.1, -0.05) is 6.08 Å². The molecular weight excluding hydrogens is 257 g/mol. The monoisotopic (exact) mass is 274 g/mol. The van der Waals surface area contributed by atoms with E-state index in [1.807, 2.05) is 0 Å². The molecule has 3 aliphatic rings. The second-order valence-corrected chi connectivity index (χ2v) is 5.47. The third kappa shape index (κ3) is 2.69. The van der Waals surface area contributed by atoms with Gasteiger partial charge < -0.3 is 10.1 Å². The zero-order chi connectivity index (χ0) is 13.5. The lowest BCUT2D eigenvalue weighted by Crippen LogP contribution is -2.33. The summed E-state index contributed by atoms with van der Waals surface area (Å²) in [5.74, 6) is -0.293. The van der Waals surface area contributed by atoms with Crippen LogP contribution in [0.25, 0.3) is 0 Å². The average molecular weight is 274 g/mol. The molecule has 2 aliphatic heterocycles. The number of ether oxygens (including phenoxy) is 1. The summed E-state index contributed by atoms with van der Waals surface area (Å²) in [6, 6.07) is 0. The number of hydrogen-bond acceptors (Lipinski definition) is 3. The Hall–Kier alpha value is -0.880. The Morgan fingerprint density at radius 3 is 2.95 bits per heavy atom. The first-order chi connectivity index (χ1) is 9.07. The summed E-state index contributed by atoms with van der Waals surface area (Å²) in [7, 11) is 0. The van der Waals surface area contributed by atoms with Crippen molar-refractivity contribution in [2.45, 2.75) is 25.1 Å². The molecule has 2 fully saturated rings. The first kappa shape index (κ1) is 13.1.